The first-order chi connectivity index (χ1) is 10.3. The molecule has 0 bridgehead atoms. The molecular weight excluding hydrogens is 390 g/mol. The fraction of sp³-hybridized carbons (Fsp3) is 0.200. The standard InChI is InChI=1S/C15H15BrClNO3S/c1-3-21-14-8-7-11(16)9-15(14)22(19,20)18-13-6-4-5-12(17)10(13)2/h4-9,18H,3H2,1-2H3. The van der Waals surface area contributed by atoms with Gasteiger partial charge in [-0.25, -0.2) is 8.42 Å². The second-order valence-electron chi connectivity index (χ2n) is 4.54. The van der Waals surface area contributed by atoms with E-state index < -0.39 is 10.0 Å². The monoisotopic (exact) mass is 403 g/mol. The molecular formula is C15H15BrClNO3S. The molecule has 0 saturated heterocycles. The van der Waals surface area contributed by atoms with Gasteiger partial charge in [0, 0.05) is 9.50 Å². The summed E-state index contributed by atoms with van der Waals surface area (Å²) < 4.78 is 33.9. The Kier molecular flexibility index (Phi) is 5.36. The SMILES string of the molecule is CCOc1ccc(Br)cc1S(=O)(=O)Nc1cccc(Cl)c1C. The van der Waals surface area contributed by atoms with Crippen molar-refractivity contribution in [3.8, 4) is 5.75 Å². The Morgan fingerprint density at radius 3 is 2.68 bits per heavy atom. The van der Waals surface area contributed by atoms with Gasteiger partial charge in [-0.15, -0.1) is 0 Å². The first kappa shape index (κ1) is 17.1. The third-order valence-corrected chi connectivity index (χ3v) is 5.30. The maximum absolute atomic E-state index is 12.7. The second kappa shape index (κ2) is 6.89. The predicted octanol–water partition coefficient (Wildman–Crippen LogP) is 4.61. The van der Waals surface area contributed by atoms with Crippen LogP contribution in [0.25, 0.3) is 0 Å². The normalized spacial score (nSPS) is 11.3. The van der Waals surface area contributed by atoms with Crippen LogP contribution in [-0.4, -0.2) is 15.0 Å². The van der Waals surface area contributed by atoms with Gasteiger partial charge in [0.1, 0.15) is 10.6 Å². The lowest BCUT2D eigenvalue weighted by atomic mass is 10.2. The van der Waals surface area contributed by atoms with E-state index in [1.165, 1.54) is 6.07 Å². The number of ether oxygens (including phenoxy) is 1. The van der Waals surface area contributed by atoms with E-state index in [-0.39, 0.29) is 4.90 Å². The lowest BCUT2D eigenvalue weighted by Gasteiger charge is -2.14. The Bertz CT molecular complexity index is 793. The highest BCUT2D eigenvalue weighted by Gasteiger charge is 2.21. The Hall–Kier alpha value is -1.24. The minimum absolute atomic E-state index is 0.0723. The smallest absolute Gasteiger partial charge is 0.265 e. The summed E-state index contributed by atoms with van der Waals surface area (Å²) in [6.45, 7) is 3.93. The maximum Gasteiger partial charge on any atom is 0.265 e. The molecule has 1 N–H and O–H groups in total. The van der Waals surface area contributed by atoms with E-state index in [0.29, 0.717) is 33.1 Å². The average molecular weight is 405 g/mol. The molecule has 0 atom stereocenters. The molecule has 118 valence electrons. The number of halogens is 2. The van der Waals surface area contributed by atoms with Crippen molar-refractivity contribution in [1.29, 1.82) is 0 Å². The van der Waals surface area contributed by atoms with Gasteiger partial charge in [-0.3, -0.25) is 4.72 Å². The molecule has 0 aliphatic rings. The van der Waals surface area contributed by atoms with Crippen molar-refractivity contribution in [3.63, 3.8) is 0 Å². The Morgan fingerprint density at radius 2 is 2.00 bits per heavy atom. The van der Waals surface area contributed by atoms with Crippen molar-refractivity contribution >= 4 is 43.2 Å². The quantitative estimate of drug-likeness (QED) is 0.791. The van der Waals surface area contributed by atoms with Gasteiger partial charge in [-0.05, 0) is 49.7 Å². The van der Waals surface area contributed by atoms with Gasteiger partial charge in [-0.1, -0.05) is 33.6 Å². The molecule has 0 aliphatic heterocycles. The number of benzene rings is 2. The number of sulfonamides is 1. The molecule has 2 aromatic rings. The van der Waals surface area contributed by atoms with Crippen LogP contribution in [0.4, 0.5) is 5.69 Å². The van der Waals surface area contributed by atoms with Gasteiger partial charge < -0.3 is 4.74 Å². The molecule has 0 fully saturated rings. The minimum atomic E-state index is -3.79. The van der Waals surface area contributed by atoms with Crippen LogP contribution in [0.2, 0.25) is 5.02 Å². The van der Waals surface area contributed by atoms with Crippen LogP contribution < -0.4 is 9.46 Å². The molecule has 0 aromatic heterocycles. The van der Waals surface area contributed by atoms with Crippen LogP contribution >= 0.6 is 27.5 Å². The fourth-order valence-corrected chi connectivity index (χ4v) is 3.87. The van der Waals surface area contributed by atoms with Crippen molar-refractivity contribution < 1.29 is 13.2 Å². The average Bonchev–Trinajstić information content (AvgIpc) is 2.46. The number of nitrogens with one attached hydrogen (secondary N) is 1. The van der Waals surface area contributed by atoms with Crippen LogP contribution in [0, 0.1) is 6.92 Å². The van der Waals surface area contributed by atoms with E-state index in [4.69, 9.17) is 16.3 Å². The summed E-state index contributed by atoms with van der Waals surface area (Å²) in [6, 6.07) is 9.92. The summed E-state index contributed by atoms with van der Waals surface area (Å²) in [5.41, 5.74) is 1.11. The van der Waals surface area contributed by atoms with Crippen LogP contribution in [0.15, 0.2) is 45.8 Å². The Morgan fingerprint density at radius 1 is 1.27 bits per heavy atom. The molecule has 0 saturated carbocycles. The van der Waals surface area contributed by atoms with Crippen molar-refractivity contribution in [3.05, 3.63) is 51.5 Å². The van der Waals surface area contributed by atoms with Crippen LogP contribution in [0.1, 0.15) is 12.5 Å². The summed E-state index contributed by atoms with van der Waals surface area (Å²) >= 11 is 9.31. The van der Waals surface area contributed by atoms with Crippen LogP contribution in [0.5, 0.6) is 5.75 Å². The first-order valence-electron chi connectivity index (χ1n) is 6.55. The minimum Gasteiger partial charge on any atom is -0.492 e. The van der Waals surface area contributed by atoms with E-state index in [9.17, 15) is 8.42 Å². The van der Waals surface area contributed by atoms with E-state index in [0.717, 1.165) is 0 Å². The largest absolute Gasteiger partial charge is 0.492 e. The van der Waals surface area contributed by atoms with Crippen molar-refractivity contribution in [2.24, 2.45) is 0 Å². The summed E-state index contributed by atoms with van der Waals surface area (Å²) in [4.78, 5) is 0.0723. The zero-order chi connectivity index (χ0) is 16.3. The molecule has 0 spiro atoms. The molecule has 0 amide bonds. The Labute approximate surface area is 143 Å². The summed E-state index contributed by atoms with van der Waals surface area (Å²) in [6.07, 6.45) is 0. The summed E-state index contributed by atoms with van der Waals surface area (Å²) in [5.74, 6) is 0.304. The second-order valence-corrected chi connectivity index (χ2v) is 7.52. The van der Waals surface area contributed by atoms with Gasteiger partial charge >= 0.3 is 0 Å². The third kappa shape index (κ3) is 3.74. The van der Waals surface area contributed by atoms with Gasteiger partial charge in [0.2, 0.25) is 0 Å². The first-order valence-corrected chi connectivity index (χ1v) is 9.21. The van der Waals surface area contributed by atoms with Crippen molar-refractivity contribution in [1.82, 2.24) is 0 Å². The highest BCUT2D eigenvalue weighted by Crippen LogP contribution is 2.31. The fourth-order valence-electron chi connectivity index (χ4n) is 1.88. The number of hydrogen-bond donors (Lipinski definition) is 1. The van der Waals surface area contributed by atoms with E-state index in [1.54, 1.807) is 44.2 Å². The lowest BCUT2D eigenvalue weighted by molar-refractivity contribution is 0.331. The number of anilines is 1. The highest BCUT2D eigenvalue weighted by atomic mass is 79.9. The van der Waals surface area contributed by atoms with E-state index >= 15 is 0 Å². The number of hydrogen-bond acceptors (Lipinski definition) is 3. The van der Waals surface area contributed by atoms with E-state index in [2.05, 4.69) is 20.7 Å². The Balaban J connectivity index is 2.47. The third-order valence-electron chi connectivity index (χ3n) is 3.01. The molecule has 22 heavy (non-hydrogen) atoms. The molecule has 0 unspecified atom stereocenters. The summed E-state index contributed by atoms with van der Waals surface area (Å²) in [5, 5.41) is 0.500. The van der Waals surface area contributed by atoms with Crippen molar-refractivity contribution in [2.75, 3.05) is 11.3 Å². The zero-order valence-corrected chi connectivity index (χ0v) is 15.2. The molecule has 0 radical (unpaired) electrons. The van der Waals surface area contributed by atoms with Crippen LogP contribution in [-0.2, 0) is 10.0 Å². The zero-order valence-electron chi connectivity index (χ0n) is 12.1. The molecule has 2 aromatic carbocycles. The van der Waals surface area contributed by atoms with Gasteiger partial charge in [-0.2, -0.15) is 0 Å². The van der Waals surface area contributed by atoms with Gasteiger partial charge in [0.15, 0.2) is 0 Å². The molecule has 0 heterocycles. The summed E-state index contributed by atoms with van der Waals surface area (Å²) in [7, 11) is -3.79. The molecule has 2 rings (SSSR count). The topological polar surface area (TPSA) is 55.4 Å². The van der Waals surface area contributed by atoms with Crippen molar-refractivity contribution in [2.45, 2.75) is 18.7 Å². The predicted molar refractivity (Wildman–Crippen MR) is 92.3 cm³/mol. The van der Waals surface area contributed by atoms with E-state index in [1.807, 2.05) is 0 Å². The molecule has 0 aliphatic carbocycles. The number of rotatable bonds is 5. The lowest BCUT2D eigenvalue weighted by Crippen LogP contribution is -2.15. The van der Waals surface area contributed by atoms with Gasteiger partial charge in [0.05, 0.1) is 12.3 Å². The highest BCUT2D eigenvalue weighted by molar-refractivity contribution is 9.10. The maximum atomic E-state index is 12.7. The molecule has 7 heteroatoms. The van der Waals surface area contributed by atoms with Gasteiger partial charge in [0.25, 0.3) is 10.0 Å². The van der Waals surface area contributed by atoms with Crippen LogP contribution in [0.3, 0.4) is 0 Å². The molecule has 4 nitrogen and oxygen atoms in total.